The first-order valence-corrected chi connectivity index (χ1v) is 9.27. The Bertz CT molecular complexity index is 1110. The van der Waals surface area contributed by atoms with Crippen LogP contribution in [0.3, 0.4) is 0 Å². The maximum atomic E-state index is 14.5. The monoisotopic (exact) mass is 490 g/mol. The molecule has 0 spiro atoms. The highest BCUT2D eigenvalue weighted by molar-refractivity contribution is 14.1. The van der Waals surface area contributed by atoms with E-state index < -0.39 is 11.2 Å². The predicted octanol–water partition coefficient (Wildman–Crippen LogP) is 3.58. The molecule has 2 aromatic carbocycles. The number of hydrogen-bond acceptors (Lipinski definition) is 5. The fourth-order valence-corrected chi connectivity index (χ4v) is 2.93. The third-order valence-electron chi connectivity index (χ3n) is 3.77. The van der Waals surface area contributed by atoms with Gasteiger partial charge >= 0.3 is 0 Å². The maximum absolute atomic E-state index is 14.5. The lowest BCUT2D eigenvalue weighted by atomic mass is 10.2. The van der Waals surface area contributed by atoms with Crippen LogP contribution in [0, 0.1) is 9.39 Å². The van der Waals surface area contributed by atoms with Crippen molar-refractivity contribution >= 4 is 34.0 Å². The van der Waals surface area contributed by atoms with Gasteiger partial charge in [0.15, 0.2) is 11.4 Å². The van der Waals surface area contributed by atoms with Crippen LogP contribution in [0.4, 0.5) is 10.1 Å². The first-order valence-electron chi connectivity index (χ1n) is 8.19. The van der Waals surface area contributed by atoms with Crippen molar-refractivity contribution < 1.29 is 9.13 Å². The molecule has 6 nitrogen and oxygen atoms in total. The van der Waals surface area contributed by atoms with Crippen molar-refractivity contribution in [3.05, 3.63) is 92.3 Å². The van der Waals surface area contributed by atoms with Crippen LogP contribution in [0.2, 0.25) is 0 Å². The molecule has 2 N–H and O–H groups in total. The molecule has 3 aromatic rings. The van der Waals surface area contributed by atoms with Gasteiger partial charge in [-0.3, -0.25) is 4.79 Å². The number of aromatic nitrogens is 2. The van der Waals surface area contributed by atoms with Crippen molar-refractivity contribution in [3.63, 3.8) is 0 Å². The molecule has 3 rings (SSSR count). The van der Waals surface area contributed by atoms with Gasteiger partial charge in [0, 0.05) is 3.57 Å². The molecule has 0 amide bonds. The summed E-state index contributed by atoms with van der Waals surface area (Å²) in [6.45, 7) is 0. The highest BCUT2D eigenvalue weighted by atomic mass is 127. The zero-order valence-corrected chi connectivity index (χ0v) is 17.0. The average Bonchev–Trinajstić information content (AvgIpc) is 2.69. The standard InChI is InChI=1S/C20H16FIN4O2/c1-28-18-12-26(17-8-7-13(22)11-15(17)21)25-19(20(18)27)16(9-10-23)24-14-5-3-2-4-6-14/h2-12H,23H2,1H3. The van der Waals surface area contributed by atoms with E-state index in [0.717, 1.165) is 3.57 Å². The van der Waals surface area contributed by atoms with E-state index in [1.807, 2.05) is 40.8 Å². The van der Waals surface area contributed by atoms with Gasteiger partial charge in [0.25, 0.3) is 5.43 Å². The number of allylic oxidation sites excluding steroid dienone is 1. The Balaban J connectivity index is 2.24. The molecular formula is C20H16FIN4O2. The molecule has 0 saturated carbocycles. The van der Waals surface area contributed by atoms with Gasteiger partial charge in [0.05, 0.1) is 24.7 Å². The lowest BCUT2D eigenvalue weighted by Crippen LogP contribution is -2.23. The Morgan fingerprint density at radius 2 is 2.04 bits per heavy atom. The minimum Gasteiger partial charge on any atom is -0.491 e. The number of para-hydroxylation sites is 1. The first kappa shape index (κ1) is 19.7. The van der Waals surface area contributed by atoms with Gasteiger partial charge in [-0.15, -0.1) is 0 Å². The second kappa shape index (κ2) is 8.79. The van der Waals surface area contributed by atoms with Gasteiger partial charge in [-0.2, -0.15) is 5.10 Å². The van der Waals surface area contributed by atoms with Crippen molar-refractivity contribution in [2.45, 2.75) is 0 Å². The Hall–Kier alpha value is -3.01. The van der Waals surface area contributed by atoms with Crippen LogP contribution in [0.1, 0.15) is 5.69 Å². The molecule has 0 saturated heterocycles. The van der Waals surface area contributed by atoms with Gasteiger partial charge in [0.1, 0.15) is 11.5 Å². The van der Waals surface area contributed by atoms with E-state index in [0.29, 0.717) is 5.69 Å². The molecule has 28 heavy (non-hydrogen) atoms. The second-order valence-electron chi connectivity index (χ2n) is 5.61. The molecule has 0 unspecified atom stereocenters. The maximum Gasteiger partial charge on any atom is 0.251 e. The fraction of sp³-hybridized carbons (Fsp3) is 0.0500. The minimum atomic E-state index is -0.480. The molecule has 0 aliphatic carbocycles. The van der Waals surface area contributed by atoms with Gasteiger partial charge in [0.2, 0.25) is 0 Å². The zero-order chi connectivity index (χ0) is 20.1. The third-order valence-corrected chi connectivity index (χ3v) is 4.44. The van der Waals surface area contributed by atoms with E-state index in [1.165, 1.54) is 36.3 Å². The van der Waals surface area contributed by atoms with Crippen molar-refractivity contribution in [2.24, 2.45) is 10.7 Å². The highest BCUT2D eigenvalue weighted by Crippen LogP contribution is 2.18. The van der Waals surface area contributed by atoms with Gasteiger partial charge in [-0.05, 0) is 65.2 Å². The van der Waals surface area contributed by atoms with E-state index in [1.54, 1.807) is 24.3 Å². The summed E-state index contributed by atoms with van der Waals surface area (Å²) in [5.74, 6) is -0.471. The zero-order valence-electron chi connectivity index (χ0n) is 14.8. The third kappa shape index (κ3) is 4.28. The van der Waals surface area contributed by atoms with E-state index in [4.69, 9.17) is 10.5 Å². The van der Waals surface area contributed by atoms with E-state index in [-0.39, 0.29) is 22.8 Å². The fourth-order valence-electron chi connectivity index (χ4n) is 2.47. The smallest absolute Gasteiger partial charge is 0.251 e. The first-order chi connectivity index (χ1) is 13.5. The lowest BCUT2D eigenvalue weighted by Gasteiger charge is -2.11. The van der Waals surface area contributed by atoms with Crippen LogP contribution in [-0.4, -0.2) is 22.6 Å². The number of ether oxygens (including phenoxy) is 1. The van der Waals surface area contributed by atoms with Crippen molar-refractivity contribution in [3.8, 4) is 11.4 Å². The second-order valence-corrected chi connectivity index (χ2v) is 6.85. The molecule has 0 atom stereocenters. The summed E-state index contributed by atoms with van der Waals surface area (Å²) >= 11 is 2.02. The number of aliphatic imine (C=N–C) groups is 1. The Morgan fingerprint density at radius 1 is 1.29 bits per heavy atom. The molecule has 142 valence electrons. The molecule has 0 aliphatic heterocycles. The van der Waals surface area contributed by atoms with E-state index in [2.05, 4.69) is 10.1 Å². The number of benzene rings is 2. The summed E-state index contributed by atoms with van der Waals surface area (Å²) in [6, 6.07) is 13.7. The summed E-state index contributed by atoms with van der Waals surface area (Å²) in [5.41, 5.74) is 6.08. The van der Waals surface area contributed by atoms with E-state index >= 15 is 0 Å². The van der Waals surface area contributed by atoms with Crippen LogP contribution in [0.25, 0.3) is 5.69 Å². The average molecular weight is 490 g/mol. The summed E-state index contributed by atoms with van der Waals surface area (Å²) in [7, 11) is 1.36. The molecular weight excluding hydrogens is 474 g/mol. The molecule has 8 heteroatoms. The lowest BCUT2D eigenvalue weighted by molar-refractivity contribution is 0.404. The van der Waals surface area contributed by atoms with Crippen molar-refractivity contribution in [2.75, 3.05) is 7.11 Å². The number of methoxy groups -OCH3 is 1. The Morgan fingerprint density at radius 3 is 2.68 bits per heavy atom. The van der Waals surface area contributed by atoms with Gasteiger partial charge in [-0.1, -0.05) is 18.2 Å². The number of nitrogens with two attached hydrogens (primary N) is 1. The Labute approximate surface area is 174 Å². The summed E-state index contributed by atoms with van der Waals surface area (Å²) < 4.78 is 21.6. The largest absolute Gasteiger partial charge is 0.491 e. The quantitative estimate of drug-likeness (QED) is 0.438. The Kier molecular flexibility index (Phi) is 6.19. The summed E-state index contributed by atoms with van der Waals surface area (Å²) in [6.07, 6.45) is 4.06. The molecule has 0 aliphatic rings. The summed E-state index contributed by atoms with van der Waals surface area (Å²) in [4.78, 5) is 17.2. The predicted molar refractivity (Wildman–Crippen MR) is 115 cm³/mol. The normalized spacial score (nSPS) is 11.8. The molecule has 1 heterocycles. The van der Waals surface area contributed by atoms with Gasteiger partial charge < -0.3 is 10.5 Å². The van der Waals surface area contributed by atoms with Crippen LogP contribution in [0.5, 0.6) is 5.75 Å². The summed E-state index contributed by atoms with van der Waals surface area (Å²) in [5, 5.41) is 4.30. The van der Waals surface area contributed by atoms with E-state index in [9.17, 15) is 9.18 Å². The van der Waals surface area contributed by atoms with Crippen LogP contribution in [-0.2, 0) is 0 Å². The number of nitrogens with zero attached hydrogens (tertiary/aromatic N) is 3. The van der Waals surface area contributed by atoms with Crippen LogP contribution >= 0.6 is 22.6 Å². The highest BCUT2D eigenvalue weighted by Gasteiger charge is 2.17. The molecule has 1 aromatic heterocycles. The van der Waals surface area contributed by atoms with Gasteiger partial charge in [-0.25, -0.2) is 14.1 Å². The van der Waals surface area contributed by atoms with Crippen LogP contribution in [0.15, 0.2) is 76.8 Å². The number of halogens is 2. The molecule has 0 radical (unpaired) electrons. The van der Waals surface area contributed by atoms with Crippen molar-refractivity contribution in [1.29, 1.82) is 0 Å². The van der Waals surface area contributed by atoms with Crippen LogP contribution < -0.4 is 15.9 Å². The molecule has 0 fully saturated rings. The number of rotatable bonds is 5. The topological polar surface area (TPSA) is 82.5 Å². The molecule has 0 bridgehead atoms. The minimum absolute atomic E-state index is 0.00846. The number of hydrogen-bond donors (Lipinski definition) is 1. The SMILES string of the molecule is COc1cn(-c2ccc(I)cc2F)nc(C(C=CN)=Nc2ccccc2)c1=O. The van der Waals surface area contributed by atoms with Crippen molar-refractivity contribution in [1.82, 2.24) is 9.78 Å².